The van der Waals surface area contributed by atoms with Gasteiger partial charge in [0.1, 0.15) is 5.76 Å². The molecule has 0 N–H and O–H groups in total. The molecule has 4 aromatic rings. The lowest BCUT2D eigenvalue weighted by Gasteiger charge is -2.19. The molecule has 136 valence electrons. The lowest BCUT2D eigenvalue weighted by Crippen LogP contribution is -2.30. The third kappa shape index (κ3) is 3.51. The first-order chi connectivity index (χ1) is 13.0. The lowest BCUT2D eigenvalue weighted by molar-refractivity contribution is 0.0983. The Kier molecular flexibility index (Phi) is 4.54. The summed E-state index contributed by atoms with van der Waals surface area (Å²) in [6, 6.07) is 15.5. The first-order valence-corrected chi connectivity index (χ1v) is 9.61. The number of amides is 1. The fraction of sp³-hybridized carbons (Fsp3) is 0.182. The van der Waals surface area contributed by atoms with E-state index in [0.717, 1.165) is 21.5 Å². The van der Waals surface area contributed by atoms with Crippen LogP contribution in [-0.2, 0) is 6.54 Å². The van der Waals surface area contributed by atoms with Gasteiger partial charge in [0.25, 0.3) is 5.91 Å². The second-order valence-electron chi connectivity index (χ2n) is 6.74. The van der Waals surface area contributed by atoms with Gasteiger partial charge in [-0.2, -0.15) is 0 Å². The van der Waals surface area contributed by atoms with Crippen LogP contribution in [0, 0.1) is 20.8 Å². The van der Waals surface area contributed by atoms with Crippen LogP contribution in [0.15, 0.2) is 59.2 Å². The van der Waals surface area contributed by atoms with Crippen molar-refractivity contribution in [3.05, 3.63) is 82.8 Å². The minimum Gasteiger partial charge on any atom is -0.467 e. The van der Waals surface area contributed by atoms with Crippen LogP contribution in [0.1, 0.15) is 32.8 Å². The molecule has 0 aliphatic rings. The maximum Gasteiger partial charge on any atom is 0.260 e. The Morgan fingerprint density at radius 3 is 2.63 bits per heavy atom. The van der Waals surface area contributed by atoms with Gasteiger partial charge in [-0.05, 0) is 68.3 Å². The third-order valence-electron chi connectivity index (χ3n) is 4.63. The Hall–Kier alpha value is -2.92. The van der Waals surface area contributed by atoms with Gasteiger partial charge < -0.3 is 4.42 Å². The summed E-state index contributed by atoms with van der Waals surface area (Å²) in [6.45, 7) is 6.49. The van der Waals surface area contributed by atoms with Gasteiger partial charge in [0.2, 0.25) is 0 Å². The van der Waals surface area contributed by atoms with Gasteiger partial charge in [-0.3, -0.25) is 9.69 Å². The maximum atomic E-state index is 13.3. The van der Waals surface area contributed by atoms with Crippen molar-refractivity contribution in [2.45, 2.75) is 27.3 Å². The molecule has 1 amide bonds. The minimum absolute atomic E-state index is 0.0809. The van der Waals surface area contributed by atoms with Crippen LogP contribution in [0.25, 0.3) is 10.2 Å². The molecule has 4 rings (SSSR count). The Balaban J connectivity index is 1.79. The number of nitrogens with zero attached hydrogens (tertiary/aromatic N) is 2. The van der Waals surface area contributed by atoms with Crippen LogP contribution in [0.3, 0.4) is 0 Å². The summed E-state index contributed by atoms with van der Waals surface area (Å²) in [7, 11) is 0. The number of benzene rings is 2. The third-order valence-corrected chi connectivity index (χ3v) is 5.67. The second kappa shape index (κ2) is 7.00. The van der Waals surface area contributed by atoms with Gasteiger partial charge >= 0.3 is 0 Å². The number of hydrogen-bond acceptors (Lipinski definition) is 4. The van der Waals surface area contributed by atoms with Crippen LogP contribution >= 0.6 is 11.3 Å². The molecule has 27 heavy (non-hydrogen) atoms. The molecule has 0 saturated carbocycles. The summed E-state index contributed by atoms with van der Waals surface area (Å²) in [6.07, 6.45) is 1.62. The van der Waals surface area contributed by atoms with E-state index in [0.29, 0.717) is 17.2 Å². The van der Waals surface area contributed by atoms with Gasteiger partial charge in [-0.15, -0.1) is 0 Å². The molecule has 0 fully saturated rings. The summed E-state index contributed by atoms with van der Waals surface area (Å²) >= 11 is 1.53. The normalized spacial score (nSPS) is 11.1. The largest absolute Gasteiger partial charge is 0.467 e. The molecule has 2 heterocycles. The lowest BCUT2D eigenvalue weighted by atomic mass is 10.1. The van der Waals surface area contributed by atoms with Crippen molar-refractivity contribution in [1.29, 1.82) is 0 Å². The fourth-order valence-corrected chi connectivity index (χ4v) is 4.05. The number of thiazole rings is 1. The number of anilines is 1. The van der Waals surface area contributed by atoms with Crippen LogP contribution < -0.4 is 4.90 Å². The number of carbonyl (C=O) groups is 1. The van der Waals surface area contributed by atoms with E-state index in [9.17, 15) is 4.79 Å². The molecule has 0 aliphatic carbocycles. The van der Waals surface area contributed by atoms with E-state index in [2.05, 4.69) is 26.0 Å². The molecule has 0 bridgehead atoms. The van der Waals surface area contributed by atoms with E-state index in [1.165, 1.54) is 22.5 Å². The topological polar surface area (TPSA) is 46.3 Å². The number of carbonyl (C=O) groups excluding carboxylic acids is 1. The monoisotopic (exact) mass is 376 g/mol. The molecule has 0 radical (unpaired) electrons. The minimum atomic E-state index is -0.0809. The van der Waals surface area contributed by atoms with E-state index in [1.807, 2.05) is 43.3 Å². The highest BCUT2D eigenvalue weighted by molar-refractivity contribution is 7.22. The van der Waals surface area contributed by atoms with Crippen LogP contribution in [0.4, 0.5) is 5.13 Å². The summed E-state index contributed by atoms with van der Waals surface area (Å²) in [5.41, 5.74) is 5.03. The van der Waals surface area contributed by atoms with Gasteiger partial charge in [0.15, 0.2) is 5.13 Å². The van der Waals surface area contributed by atoms with E-state index in [-0.39, 0.29) is 5.91 Å². The average Bonchev–Trinajstić information content (AvgIpc) is 3.29. The van der Waals surface area contributed by atoms with Crippen molar-refractivity contribution in [3.63, 3.8) is 0 Å². The number of aryl methyl sites for hydroxylation is 3. The quantitative estimate of drug-likeness (QED) is 0.461. The van der Waals surface area contributed by atoms with Crippen molar-refractivity contribution in [3.8, 4) is 0 Å². The van der Waals surface area contributed by atoms with Gasteiger partial charge in [0, 0.05) is 5.56 Å². The van der Waals surface area contributed by atoms with Crippen molar-refractivity contribution in [2.24, 2.45) is 0 Å². The predicted molar refractivity (Wildman–Crippen MR) is 109 cm³/mol. The van der Waals surface area contributed by atoms with Crippen molar-refractivity contribution in [1.82, 2.24) is 4.98 Å². The van der Waals surface area contributed by atoms with E-state index < -0.39 is 0 Å². The second-order valence-corrected chi connectivity index (χ2v) is 7.75. The molecule has 0 aliphatic heterocycles. The Morgan fingerprint density at radius 1 is 1.07 bits per heavy atom. The summed E-state index contributed by atoms with van der Waals surface area (Å²) in [5.74, 6) is 0.644. The van der Waals surface area contributed by atoms with Crippen LogP contribution in [-0.4, -0.2) is 10.9 Å². The maximum absolute atomic E-state index is 13.3. The first kappa shape index (κ1) is 17.5. The number of fused-ring (bicyclic) bond motifs is 1. The number of rotatable bonds is 4. The smallest absolute Gasteiger partial charge is 0.260 e. The van der Waals surface area contributed by atoms with Crippen molar-refractivity contribution < 1.29 is 9.21 Å². The Labute approximate surface area is 162 Å². The fourth-order valence-electron chi connectivity index (χ4n) is 3.00. The van der Waals surface area contributed by atoms with E-state index >= 15 is 0 Å². The SMILES string of the molecule is Cc1cccc(C(=O)N(Cc2ccco2)c2nc3cc(C)c(C)cc3s2)c1. The summed E-state index contributed by atoms with van der Waals surface area (Å²) < 4.78 is 6.57. The summed E-state index contributed by atoms with van der Waals surface area (Å²) in [5, 5.41) is 0.679. The molecule has 4 nitrogen and oxygen atoms in total. The number of furan rings is 1. The standard InChI is InChI=1S/C22H20N2O2S/c1-14-6-4-7-17(10-14)21(25)24(13-18-8-5-9-26-18)22-23-19-11-15(2)16(3)12-20(19)27-22/h4-12H,13H2,1-3H3. The zero-order chi connectivity index (χ0) is 19.0. The first-order valence-electron chi connectivity index (χ1n) is 8.80. The van der Waals surface area contributed by atoms with Crippen molar-refractivity contribution >= 4 is 32.6 Å². The van der Waals surface area contributed by atoms with E-state index in [4.69, 9.17) is 9.40 Å². The van der Waals surface area contributed by atoms with Crippen LogP contribution in [0.2, 0.25) is 0 Å². The Morgan fingerprint density at radius 2 is 1.89 bits per heavy atom. The predicted octanol–water partition coefficient (Wildman–Crippen LogP) is 5.66. The highest BCUT2D eigenvalue weighted by atomic mass is 32.1. The highest BCUT2D eigenvalue weighted by Crippen LogP contribution is 2.32. The molecule has 0 spiro atoms. The molecule has 5 heteroatoms. The molecule has 0 saturated heterocycles. The molecule has 2 aromatic heterocycles. The van der Waals surface area contributed by atoms with E-state index in [1.54, 1.807) is 11.2 Å². The molecule has 0 atom stereocenters. The van der Waals surface area contributed by atoms with Crippen molar-refractivity contribution in [2.75, 3.05) is 4.90 Å². The zero-order valence-electron chi connectivity index (χ0n) is 15.5. The number of hydrogen-bond donors (Lipinski definition) is 0. The molecular weight excluding hydrogens is 356 g/mol. The average molecular weight is 376 g/mol. The van der Waals surface area contributed by atoms with Gasteiger partial charge in [-0.25, -0.2) is 4.98 Å². The summed E-state index contributed by atoms with van der Waals surface area (Å²) in [4.78, 5) is 19.7. The van der Waals surface area contributed by atoms with Crippen LogP contribution in [0.5, 0.6) is 0 Å². The Bertz CT molecular complexity index is 1070. The number of aromatic nitrogens is 1. The van der Waals surface area contributed by atoms with Gasteiger partial charge in [0.05, 0.1) is 23.0 Å². The molecular formula is C22H20N2O2S. The highest BCUT2D eigenvalue weighted by Gasteiger charge is 2.23. The zero-order valence-corrected chi connectivity index (χ0v) is 16.3. The molecule has 0 unspecified atom stereocenters. The molecule has 2 aromatic carbocycles. The van der Waals surface area contributed by atoms with Gasteiger partial charge in [-0.1, -0.05) is 29.0 Å².